The van der Waals surface area contributed by atoms with Crippen LogP contribution >= 0.6 is 11.3 Å². The summed E-state index contributed by atoms with van der Waals surface area (Å²) < 4.78 is 1.78. The third-order valence-corrected chi connectivity index (χ3v) is 3.50. The number of anilines is 1. The van der Waals surface area contributed by atoms with Gasteiger partial charge in [0.15, 0.2) is 0 Å². The molecule has 2 heterocycles. The molecule has 0 unspecified atom stereocenters. The molecule has 2 aromatic rings. The molecule has 0 aliphatic carbocycles. The topological polar surface area (TPSA) is 75.9 Å². The van der Waals surface area contributed by atoms with E-state index in [0.717, 1.165) is 16.3 Å². The molecule has 8 heteroatoms. The van der Waals surface area contributed by atoms with Crippen molar-refractivity contribution >= 4 is 22.4 Å². The van der Waals surface area contributed by atoms with Gasteiger partial charge in [0, 0.05) is 25.4 Å². The summed E-state index contributed by atoms with van der Waals surface area (Å²) in [5.41, 5.74) is 2.11. The Morgan fingerprint density at radius 2 is 2.20 bits per heavy atom. The highest BCUT2D eigenvalue weighted by Gasteiger charge is 2.12. The van der Waals surface area contributed by atoms with E-state index in [0.29, 0.717) is 18.2 Å². The van der Waals surface area contributed by atoms with Gasteiger partial charge >= 0.3 is 0 Å². The first-order valence-corrected chi connectivity index (χ1v) is 7.03. The van der Waals surface area contributed by atoms with Crippen LogP contribution in [0.3, 0.4) is 0 Å². The molecule has 2 rings (SSSR count). The van der Waals surface area contributed by atoms with Gasteiger partial charge < -0.3 is 0 Å². The Morgan fingerprint density at radius 1 is 1.45 bits per heavy atom. The van der Waals surface area contributed by atoms with Crippen molar-refractivity contribution in [3.05, 3.63) is 22.5 Å². The molecule has 0 saturated carbocycles. The summed E-state index contributed by atoms with van der Waals surface area (Å²) in [4.78, 5) is 13.8. The molecule has 20 heavy (non-hydrogen) atoms. The van der Waals surface area contributed by atoms with Crippen LogP contribution in [0.5, 0.6) is 0 Å². The number of aryl methyl sites for hydroxylation is 3. The van der Waals surface area contributed by atoms with Crippen molar-refractivity contribution in [1.29, 1.82) is 0 Å². The monoisotopic (exact) mass is 294 g/mol. The molecule has 0 bridgehead atoms. The third-order valence-electron chi connectivity index (χ3n) is 2.74. The molecule has 0 spiro atoms. The molecule has 7 nitrogen and oxygen atoms in total. The van der Waals surface area contributed by atoms with Crippen LogP contribution in [0.2, 0.25) is 0 Å². The summed E-state index contributed by atoms with van der Waals surface area (Å²) in [5.74, 6) is -0.0924. The summed E-state index contributed by atoms with van der Waals surface area (Å²) >= 11 is 1.37. The summed E-state index contributed by atoms with van der Waals surface area (Å²) in [5, 5.41) is 16.1. The molecule has 1 amide bonds. The van der Waals surface area contributed by atoms with E-state index in [-0.39, 0.29) is 5.91 Å². The fourth-order valence-corrected chi connectivity index (χ4v) is 2.51. The van der Waals surface area contributed by atoms with E-state index in [4.69, 9.17) is 0 Å². The van der Waals surface area contributed by atoms with Crippen LogP contribution in [0.25, 0.3) is 0 Å². The number of aromatic nitrogens is 4. The van der Waals surface area contributed by atoms with Crippen molar-refractivity contribution in [2.45, 2.75) is 20.4 Å². The van der Waals surface area contributed by atoms with Gasteiger partial charge in [-0.1, -0.05) is 11.3 Å². The minimum absolute atomic E-state index is 0.0924. The van der Waals surface area contributed by atoms with E-state index in [1.54, 1.807) is 4.68 Å². The molecule has 0 aromatic carbocycles. The van der Waals surface area contributed by atoms with E-state index in [9.17, 15) is 4.79 Å². The first-order chi connectivity index (χ1) is 9.44. The largest absolute Gasteiger partial charge is 0.299 e. The first-order valence-electron chi connectivity index (χ1n) is 6.21. The Balaban J connectivity index is 1.86. The predicted molar refractivity (Wildman–Crippen MR) is 77.6 cm³/mol. The van der Waals surface area contributed by atoms with Gasteiger partial charge in [-0.2, -0.15) is 5.10 Å². The summed E-state index contributed by atoms with van der Waals surface area (Å²) in [6.07, 6.45) is 1.97. The van der Waals surface area contributed by atoms with Crippen LogP contribution in [0, 0.1) is 13.8 Å². The fourth-order valence-electron chi connectivity index (χ4n) is 1.90. The van der Waals surface area contributed by atoms with E-state index < -0.39 is 0 Å². The average molecular weight is 294 g/mol. The molecule has 108 valence electrons. The second kappa shape index (κ2) is 6.10. The lowest BCUT2D eigenvalue weighted by molar-refractivity contribution is -0.117. The number of carbonyl (C=O) groups excluding carboxylic acids is 1. The van der Waals surface area contributed by atoms with Gasteiger partial charge in [0.25, 0.3) is 0 Å². The summed E-state index contributed by atoms with van der Waals surface area (Å²) in [6.45, 7) is 4.80. The van der Waals surface area contributed by atoms with Gasteiger partial charge in [0.2, 0.25) is 11.0 Å². The molecule has 0 aliphatic rings. The van der Waals surface area contributed by atoms with Crippen LogP contribution in [0.1, 0.15) is 16.3 Å². The second-order valence-corrected chi connectivity index (χ2v) is 5.94. The Bertz CT molecular complexity index is 605. The second-order valence-electron chi connectivity index (χ2n) is 4.76. The molecule has 0 atom stereocenters. The number of carbonyl (C=O) groups is 1. The number of hydrogen-bond donors (Lipinski definition) is 1. The van der Waals surface area contributed by atoms with Gasteiger partial charge in [0.1, 0.15) is 5.01 Å². The molecule has 0 radical (unpaired) electrons. The zero-order chi connectivity index (χ0) is 14.7. The van der Waals surface area contributed by atoms with E-state index in [1.807, 2.05) is 39.0 Å². The highest BCUT2D eigenvalue weighted by molar-refractivity contribution is 7.15. The molecule has 0 fully saturated rings. The van der Waals surface area contributed by atoms with Crippen LogP contribution in [-0.2, 0) is 18.4 Å². The lowest BCUT2D eigenvalue weighted by atomic mass is 10.2. The van der Waals surface area contributed by atoms with Gasteiger partial charge in [-0.3, -0.25) is 19.7 Å². The van der Waals surface area contributed by atoms with Gasteiger partial charge in [-0.15, -0.1) is 10.2 Å². The van der Waals surface area contributed by atoms with Gasteiger partial charge in [-0.25, -0.2) is 0 Å². The third kappa shape index (κ3) is 3.84. The van der Waals surface area contributed by atoms with Crippen LogP contribution < -0.4 is 5.32 Å². The quantitative estimate of drug-likeness (QED) is 0.889. The number of nitrogens with zero attached hydrogens (tertiary/aromatic N) is 5. The minimum atomic E-state index is -0.0924. The van der Waals surface area contributed by atoms with Gasteiger partial charge in [0.05, 0.1) is 12.2 Å². The standard InChI is InChI=1S/C12H18N6OS/c1-8-10(6-18(4)16-8)5-17(3)7-11(19)13-12-15-14-9(2)20-12/h6H,5,7H2,1-4H3,(H,13,15,19). The maximum atomic E-state index is 11.9. The predicted octanol–water partition coefficient (Wildman–Crippen LogP) is 0.959. The molecule has 0 aliphatic heterocycles. The Morgan fingerprint density at radius 3 is 2.75 bits per heavy atom. The molecule has 1 N–H and O–H groups in total. The van der Waals surface area contributed by atoms with Crippen LogP contribution in [0.15, 0.2) is 6.20 Å². The van der Waals surface area contributed by atoms with E-state index in [1.165, 1.54) is 11.3 Å². The summed E-state index contributed by atoms with van der Waals surface area (Å²) in [6, 6.07) is 0. The molecule has 2 aromatic heterocycles. The number of rotatable bonds is 5. The molecule has 0 saturated heterocycles. The molecular weight excluding hydrogens is 276 g/mol. The lowest BCUT2D eigenvalue weighted by Gasteiger charge is -2.14. The highest BCUT2D eigenvalue weighted by Crippen LogP contribution is 2.13. The number of hydrogen-bond acceptors (Lipinski definition) is 6. The van der Waals surface area contributed by atoms with Crippen molar-refractivity contribution in [3.63, 3.8) is 0 Å². The highest BCUT2D eigenvalue weighted by atomic mass is 32.1. The number of nitrogens with one attached hydrogen (secondary N) is 1. The Kier molecular flexibility index (Phi) is 4.46. The van der Waals surface area contributed by atoms with Gasteiger partial charge in [-0.05, 0) is 20.9 Å². The maximum absolute atomic E-state index is 11.9. The number of amides is 1. The van der Waals surface area contributed by atoms with Crippen LogP contribution in [-0.4, -0.2) is 44.4 Å². The van der Waals surface area contributed by atoms with E-state index in [2.05, 4.69) is 20.6 Å². The minimum Gasteiger partial charge on any atom is -0.299 e. The van der Waals surface area contributed by atoms with Crippen molar-refractivity contribution < 1.29 is 4.79 Å². The van der Waals surface area contributed by atoms with Crippen molar-refractivity contribution in [2.75, 3.05) is 18.9 Å². The maximum Gasteiger partial charge on any atom is 0.240 e. The Hall–Kier alpha value is -1.80. The lowest BCUT2D eigenvalue weighted by Crippen LogP contribution is -2.29. The zero-order valence-corrected chi connectivity index (χ0v) is 12.9. The first kappa shape index (κ1) is 14.6. The van der Waals surface area contributed by atoms with Crippen molar-refractivity contribution in [1.82, 2.24) is 24.9 Å². The molecular formula is C12H18N6OS. The van der Waals surface area contributed by atoms with Crippen LogP contribution in [0.4, 0.5) is 5.13 Å². The Labute approximate surface area is 121 Å². The smallest absolute Gasteiger partial charge is 0.240 e. The normalized spacial score (nSPS) is 11.1. The fraction of sp³-hybridized carbons (Fsp3) is 0.500. The van der Waals surface area contributed by atoms with Crippen molar-refractivity contribution in [3.8, 4) is 0 Å². The zero-order valence-electron chi connectivity index (χ0n) is 12.0. The summed E-state index contributed by atoms with van der Waals surface area (Å²) in [7, 11) is 3.79. The number of likely N-dealkylation sites (N-methyl/N-ethyl adjacent to an activating group) is 1. The average Bonchev–Trinajstić information content (AvgIpc) is 2.85. The van der Waals surface area contributed by atoms with E-state index >= 15 is 0 Å². The van der Waals surface area contributed by atoms with Crippen molar-refractivity contribution in [2.24, 2.45) is 7.05 Å². The SMILES string of the molecule is Cc1nnc(NC(=O)CN(C)Cc2cn(C)nc2C)s1.